The summed E-state index contributed by atoms with van der Waals surface area (Å²) in [7, 11) is 0. The molecule has 4 heterocycles. The van der Waals surface area contributed by atoms with Crippen LogP contribution in [0.15, 0.2) is 85.4 Å². The van der Waals surface area contributed by atoms with Crippen molar-refractivity contribution in [3.63, 3.8) is 0 Å². The highest BCUT2D eigenvalue weighted by Gasteiger charge is 2.42. The van der Waals surface area contributed by atoms with E-state index in [9.17, 15) is 9.90 Å². The summed E-state index contributed by atoms with van der Waals surface area (Å²) in [6.07, 6.45) is 5.46. The zero-order valence-corrected chi connectivity index (χ0v) is 25.7. The zero-order chi connectivity index (χ0) is 29.9. The number of thiophene rings is 1. The molecule has 1 aliphatic heterocycles. The van der Waals surface area contributed by atoms with Crippen LogP contribution in [-0.2, 0) is 0 Å². The summed E-state index contributed by atoms with van der Waals surface area (Å²) in [5.41, 5.74) is 11.3. The molecule has 2 aliphatic rings. The second kappa shape index (κ2) is 10.5. The third-order valence-corrected chi connectivity index (χ3v) is 10.8. The number of hydrogen-bond acceptors (Lipinski definition) is 7. The number of rotatable bonds is 6. The average Bonchev–Trinajstić information content (AvgIpc) is 3.85. The molecule has 8 rings (SSSR count). The molecular formula is C36H28N4O2S2. The van der Waals surface area contributed by atoms with Gasteiger partial charge in [0.05, 0.1) is 11.7 Å². The van der Waals surface area contributed by atoms with E-state index >= 15 is 0 Å². The van der Waals surface area contributed by atoms with Crippen molar-refractivity contribution in [3.8, 4) is 32.0 Å². The van der Waals surface area contributed by atoms with Gasteiger partial charge in [0.1, 0.15) is 16.7 Å². The quantitative estimate of drug-likeness (QED) is 0.202. The fraction of sp³-hybridized carbons (Fsp3) is 0.167. The van der Waals surface area contributed by atoms with E-state index in [0.29, 0.717) is 17.7 Å². The standard InChI is InChI=1S/C36H28N4O2S2/c1-3-23-20(2)37-29(36(41)42)19-28(23)33-17-16-32(43-33)27-15-14-24(34-35(27)39-44-38-34)21-12-13-26-25-10-7-11-30(25)40(31(26)18-21)22-8-5-4-6-9-22/h3-6,8-9,12-19,25,30H,1,7,10-11H2,2H3,(H,41,42). The first-order valence-corrected chi connectivity index (χ1v) is 16.3. The molecule has 1 aliphatic carbocycles. The molecule has 1 N–H and O–H groups in total. The van der Waals surface area contributed by atoms with E-state index in [1.54, 1.807) is 23.5 Å². The third kappa shape index (κ3) is 4.20. The van der Waals surface area contributed by atoms with Gasteiger partial charge in [0.15, 0.2) is 0 Å². The first-order chi connectivity index (χ1) is 21.5. The van der Waals surface area contributed by atoms with Gasteiger partial charge in [0.2, 0.25) is 0 Å². The number of nitrogens with zero attached hydrogens (tertiary/aromatic N) is 4. The molecule has 0 saturated heterocycles. The maximum absolute atomic E-state index is 11.7. The Bertz CT molecular complexity index is 2100. The van der Waals surface area contributed by atoms with Gasteiger partial charge in [-0.15, -0.1) is 11.3 Å². The number of carboxylic acids is 1. The van der Waals surface area contributed by atoms with Crippen molar-refractivity contribution in [2.75, 3.05) is 4.90 Å². The van der Waals surface area contributed by atoms with Crippen molar-refractivity contribution in [3.05, 3.63) is 108 Å². The Morgan fingerprint density at radius 1 is 0.932 bits per heavy atom. The Labute approximate surface area is 263 Å². The second-order valence-electron chi connectivity index (χ2n) is 11.4. The monoisotopic (exact) mass is 612 g/mol. The van der Waals surface area contributed by atoms with Crippen LogP contribution in [0.2, 0.25) is 0 Å². The molecule has 1 saturated carbocycles. The summed E-state index contributed by atoms with van der Waals surface area (Å²) < 4.78 is 9.53. The van der Waals surface area contributed by atoms with E-state index in [1.807, 2.05) is 13.0 Å². The molecule has 6 nitrogen and oxygen atoms in total. The van der Waals surface area contributed by atoms with Crippen LogP contribution in [-0.4, -0.2) is 30.8 Å². The minimum Gasteiger partial charge on any atom is -0.477 e. The minimum absolute atomic E-state index is 0.0253. The molecule has 2 unspecified atom stereocenters. The van der Waals surface area contributed by atoms with Gasteiger partial charge in [-0.3, -0.25) is 0 Å². The highest BCUT2D eigenvalue weighted by atomic mass is 32.1. The number of carbonyl (C=O) groups is 1. The molecule has 1 fully saturated rings. The highest BCUT2D eigenvalue weighted by Crippen LogP contribution is 2.53. The summed E-state index contributed by atoms with van der Waals surface area (Å²) in [6.45, 7) is 5.76. The third-order valence-electron chi connectivity index (χ3n) is 9.07. The maximum Gasteiger partial charge on any atom is 0.354 e. The number of aromatic nitrogens is 3. The van der Waals surface area contributed by atoms with Crippen molar-refractivity contribution < 1.29 is 9.90 Å². The van der Waals surface area contributed by atoms with Crippen LogP contribution < -0.4 is 4.90 Å². The predicted octanol–water partition coefficient (Wildman–Crippen LogP) is 9.59. The summed E-state index contributed by atoms with van der Waals surface area (Å²) in [5, 5.41) is 9.61. The van der Waals surface area contributed by atoms with Gasteiger partial charge in [0, 0.05) is 61.0 Å². The van der Waals surface area contributed by atoms with Gasteiger partial charge in [0.25, 0.3) is 0 Å². The van der Waals surface area contributed by atoms with Crippen molar-refractivity contribution in [2.45, 2.75) is 38.1 Å². The van der Waals surface area contributed by atoms with E-state index < -0.39 is 5.97 Å². The minimum atomic E-state index is -1.05. The Morgan fingerprint density at radius 3 is 2.45 bits per heavy atom. The molecule has 3 aromatic heterocycles. The van der Waals surface area contributed by atoms with Crippen molar-refractivity contribution in [1.82, 2.24) is 13.7 Å². The Morgan fingerprint density at radius 2 is 1.68 bits per heavy atom. The van der Waals surface area contributed by atoms with Crippen LogP contribution in [0.4, 0.5) is 11.4 Å². The fourth-order valence-electron chi connectivity index (χ4n) is 7.12. The van der Waals surface area contributed by atoms with E-state index in [4.69, 9.17) is 8.75 Å². The number of fused-ring (bicyclic) bond motifs is 4. The highest BCUT2D eigenvalue weighted by molar-refractivity contribution is 7.19. The lowest BCUT2D eigenvalue weighted by molar-refractivity contribution is 0.0690. The van der Waals surface area contributed by atoms with Crippen molar-refractivity contribution in [2.24, 2.45) is 0 Å². The molecule has 0 radical (unpaired) electrons. The van der Waals surface area contributed by atoms with Crippen molar-refractivity contribution in [1.29, 1.82) is 0 Å². The molecule has 8 heteroatoms. The van der Waals surface area contributed by atoms with Gasteiger partial charge < -0.3 is 10.0 Å². The Hall–Kier alpha value is -4.66. The van der Waals surface area contributed by atoms with Crippen LogP contribution in [0.3, 0.4) is 0 Å². The number of anilines is 2. The van der Waals surface area contributed by atoms with Crippen LogP contribution in [0, 0.1) is 6.92 Å². The molecule has 0 spiro atoms. The normalized spacial score (nSPS) is 17.2. The van der Waals surface area contributed by atoms with Crippen LogP contribution in [0.1, 0.15) is 52.5 Å². The van der Waals surface area contributed by atoms with Gasteiger partial charge in [-0.05, 0) is 67.3 Å². The van der Waals surface area contributed by atoms with Gasteiger partial charge >= 0.3 is 5.97 Å². The van der Waals surface area contributed by atoms with Crippen LogP contribution in [0.25, 0.3) is 49.1 Å². The molecule has 3 aromatic carbocycles. The maximum atomic E-state index is 11.7. The smallest absolute Gasteiger partial charge is 0.354 e. The summed E-state index contributed by atoms with van der Waals surface area (Å²) in [4.78, 5) is 20.5. The van der Waals surface area contributed by atoms with Crippen LogP contribution in [0.5, 0.6) is 0 Å². The number of para-hydroxylation sites is 1. The number of hydrogen-bond donors (Lipinski definition) is 1. The molecule has 6 aromatic rings. The van der Waals surface area contributed by atoms with E-state index in [2.05, 4.69) is 83.2 Å². The van der Waals surface area contributed by atoms with E-state index in [0.717, 1.165) is 48.6 Å². The molecular weight excluding hydrogens is 585 g/mol. The molecule has 0 bridgehead atoms. The lowest BCUT2D eigenvalue weighted by Crippen LogP contribution is -2.26. The molecule has 216 valence electrons. The van der Waals surface area contributed by atoms with Crippen LogP contribution >= 0.6 is 23.1 Å². The molecule has 0 amide bonds. The van der Waals surface area contributed by atoms with E-state index in [1.165, 1.54) is 47.9 Å². The topological polar surface area (TPSA) is 79.2 Å². The summed E-state index contributed by atoms with van der Waals surface area (Å²) in [5.74, 6) is -0.470. The SMILES string of the molecule is C=Cc1c(-c2ccc(-c3ccc(-c4ccc5c(c4)N(c4ccccc4)C4CCCC54)c4nsnc34)s2)cc(C(=O)O)nc1C. The molecule has 2 atom stereocenters. The number of aryl methyl sites for hydroxylation is 1. The average molecular weight is 613 g/mol. The number of pyridine rings is 1. The molecule has 44 heavy (non-hydrogen) atoms. The number of carboxylic acid groups (broad SMARTS) is 1. The van der Waals surface area contributed by atoms with Gasteiger partial charge in [-0.2, -0.15) is 8.75 Å². The summed E-state index contributed by atoms with van der Waals surface area (Å²) in [6, 6.07) is 28.2. The first-order valence-electron chi connectivity index (χ1n) is 14.7. The van der Waals surface area contributed by atoms with Crippen molar-refractivity contribution >= 4 is 57.5 Å². The second-order valence-corrected chi connectivity index (χ2v) is 13.0. The fourth-order valence-corrected chi connectivity index (χ4v) is 8.76. The summed E-state index contributed by atoms with van der Waals surface area (Å²) >= 11 is 2.83. The Balaban J connectivity index is 1.20. The van der Waals surface area contributed by atoms with Gasteiger partial charge in [-0.1, -0.05) is 61.5 Å². The Kier molecular flexibility index (Phi) is 6.43. The lowest BCUT2D eigenvalue weighted by atomic mass is 9.94. The lowest BCUT2D eigenvalue weighted by Gasteiger charge is -2.27. The van der Waals surface area contributed by atoms with E-state index in [-0.39, 0.29) is 5.69 Å². The largest absolute Gasteiger partial charge is 0.477 e. The number of benzene rings is 3. The predicted molar refractivity (Wildman–Crippen MR) is 180 cm³/mol. The zero-order valence-electron chi connectivity index (χ0n) is 24.0. The first kappa shape index (κ1) is 26.9. The van der Waals surface area contributed by atoms with Gasteiger partial charge in [-0.25, -0.2) is 9.78 Å². The number of aromatic carboxylic acids is 1.